The molecule has 0 saturated heterocycles. The molecule has 0 aliphatic heterocycles. The third-order valence-electron chi connectivity index (χ3n) is 0.967. The molecule has 0 aliphatic rings. The first-order chi connectivity index (χ1) is 5.30. The number of nitro benzene ring substituents is 1. The first-order valence-corrected chi connectivity index (χ1v) is 3.63. The number of rotatable bonds is 1. The molecule has 1 aromatic rings. The standard InChI is InChI=1S/C6H5NO2.CH3Cl/c8-7(9)6-4-2-1-3-5-6;1-2/h1-5H;1H3. The summed E-state index contributed by atoms with van der Waals surface area (Å²) in [4.78, 5) is 9.59. The molecule has 0 aliphatic carbocycles. The Hall–Kier alpha value is -1.09. The third-order valence-corrected chi connectivity index (χ3v) is 0.967. The van der Waals surface area contributed by atoms with Crippen molar-refractivity contribution in [2.45, 2.75) is 0 Å². The number of nitrogens with zero attached hydrogens (tertiary/aromatic N) is 1. The number of halogens is 1. The van der Waals surface area contributed by atoms with Crippen molar-refractivity contribution in [3.05, 3.63) is 40.4 Å². The SMILES string of the molecule is CCl.O=[N+]([O-])c1ccccc1. The molecule has 1 aromatic carbocycles. The third kappa shape index (κ3) is 3.57. The molecule has 0 amide bonds. The van der Waals surface area contributed by atoms with Gasteiger partial charge in [0, 0.05) is 18.5 Å². The van der Waals surface area contributed by atoms with Crippen molar-refractivity contribution < 1.29 is 4.92 Å². The molecule has 0 atom stereocenters. The van der Waals surface area contributed by atoms with Crippen molar-refractivity contribution in [3.8, 4) is 0 Å². The van der Waals surface area contributed by atoms with Crippen LogP contribution >= 0.6 is 11.6 Å². The highest BCUT2D eigenvalue weighted by Gasteiger charge is 1.98. The van der Waals surface area contributed by atoms with E-state index in [4.69, 9.17) is 0 Å². The average Bonchev–Trinajstić information content (AvgIpc) is 2.10. The van der Waals surface area contributed by atoms with Crippen molar-refractivity contribution >= 4 is 17.3 Å². The Morgan fingerprint density at radius 2 is 1.73 bits per heavy atom. The second-order valence-electron chi connectivity index (χ2n) is 1.59. The van der Waals surface area contributed by atoms with Crippen LogP contribution in [0, 0.1) is 10.1 Å². The Morgan fingerprint density at radius 1 is 1.27 bits per heavy atom. The fourth-order valence-corrected chi connectivity index (χ4v) is 0.550. The molecule has 0 aromatic heterocycles. The van der Waals surface area contributed by atoms with E-state index >= 15 is 0 Å². The van der Waals surface area contributed by atoms with Gasteiger partial charge in [-0.1, -0.05) is 18.2 Å². The van der Waals surface area contributed by atoms with E-state index in [1.807, 2.05) is 0 Å². The first kappa shape index (κ1) is 9.91. The van der Waals surface area contributed by atoms with Gasteiger partial charge in [0.15, 0.2) is 0 Å². The van der Waals surface area contributed by atoms with Crippen LogP contribution in [0.4, 0.5) is 5.69 Å². The minimum Gasteiger partial charge on any atom is -0.258 e. The van der Waals surface area contributed by atoms with Crippen LogP contribution in [-0.2, 0) is 0 Å². The average molecular weight is 174 g/mol. The van der Waals surface area contributed by atoms with E-state index in [0.29, 0.717) is 0 Å². The van der Waals surface area contributed by atoms with Gasteiger partial charge in [-0.2, -0.15) is 0 Å². The smallest absolute Gasteiger partial charge is 0.258 e. The molecule has 3 nitrogen and oxygen atoms in total. The molecule has 0 bridgehead atoms. The van der Waals surface area contributed by atoms with Crippen LogP contribution in [0.1, 0.15) is 0 Å². The molecule has 0 spiro atoms. The minimum atomic E-state index is -0.417. The molecular formula is C7H8ClNO2. The van der Waals surface area contributed by atoms with Gasteiger partial charge in [-0.25, -0.2) is 0 Å². The highest BCUT2D eigenvalue weighted by atomic mass is 35.5. The minimum absolute atomic E-state index is 0.137. The normalized spacial score (nSPS) is 7.82. The van der Waals surface area contributed by atoms with Gasteiger partial charge in [0.2, 0.25) is 0 Å². The number of benzene rings is 1. The van der Waals surface area contributed by atoms with Crippen LogP contribution in [0.2, 0.25) is 0 Å². The zero-order chi connectivity index (χ0) is 8.69. The summed E-state index contributed by atoms with van der Waals surface area (Å²) >= 11 is 4.64. The molecule has 0 unspecified atom stereocenters. The van der Waals surface area contributed by atoms with Crippen molar-refractivity contribution in [2.75, 3.05) is 6.38 Å². The van der Waals surface area contributed by atoms with E-state index < -0.39 is 4.92 Å². The Morgan fingerprint density at radius 3 is 2.00 bits per heavy atom. The van der Waals surface area contributed by atoms with Gasteiger partial charge in [0.05, 0.1) is 4.92 Å². The summed E-state index contributed by atoms with van der Waals surface area (Å²) in [5.41, 5.74) is 0.137. The van der Waals surface area contributed by atoms with Crippen LogP contribution in [0.5, 0.6) is 0 Å². The number of alkyl halides is 1. The molecule has 0 fully saturated rings. The highest BCUT2D eigenvalue weighted by molar-refractivity contribution is 6.15. The molecule has 0 radical (unpaired) electrons. The number of nitro groups is 1. The van der Waals surface area contributed by atoms with Gasteiger partial charge in [0.25, 0.3) is 5.69 Å². The maximum atomic E-state index is 10.0. The number of hydrogen-bond donors (Lipinski definition) is 0. The second kappa shape index (κ2) is 5.68. The highest BCUT2D eigenvalue weighted by Crippen LogP contribution is 2.06. The quantitative estimate of drug-likeness (QED) is 0.372. The topological polar surface area (TPSA) is 43.1 Å². The summed E-state index contributed by atoms with van der Waals surface area (Å²) < 4.78 is 0. The van der Waals surface area contributed by atoms with E-state index in [1.54, 1.807) is 18.2 Å². The van der Waals surface area contributed by atoms with Crippen LogP contribution < -0.4 is 0 Å². The lowest BCUT2D eigenvalue weighted by molar-refractivity contribution is -0.384. The Bertz CT molecular complexity index is 213. The van der Waals surface area contributed by atoms with E-state index in [0.717, 1.165) is 0 Å². The van der Waals surface area contributed by atoms with Crippen LogP contribution in [0.25, 0.3) is 0 Å². The number of hydrogen-bond acceptors (Lipinski definition) is 2. The predicted octanol–water partition coefficient (Wildman–Crippen LogP) is 2.45. The van der Waals surface area contributed by atoms with Crippen molar-refractivity contribution in [1.82, 2.24) is 0 Å². The monoisotopic (exact) mass is 173 g/mol. The van der Waals surface area contributed by atoms with Crippen molar-refractivity contribution in [3.63, 3.8) is 0 Å². The van der Waals surface area contributed by atoms with Crippen LogP contribution in [0.3, 0.4) is 0 Å². The summed E-state index contributed by atoms with van der Waals surface area (Å²) in [5, 5.41) is 10.0. The van der Waals surface area contributed by atoms with Gasteiger partial charge < -0.3 is 0 Å². The van der Waals surface area contributed by atoms with E-state index in [2.05, 4.69) is 11.6 Å². The van der Waals surface area contributed by atoms with Gasteiger partial charge in [-0.3, -0.25) is 10.1 Å². The van der Waals surface area contributed by atoms with Gasteiger partial charge >= 0.3 is 0 Å². The zero-order valence-electron chi connectivity index (χ0n) is 6.03. The summed E-state index contributed by atoms with van der Waals surface area (Å²) in [5.74, 6) is 0. The largest absolute Gasteiger partial charge is 0.269 e. The lowest BCUT2D eigenvalue weighted by Gasteiger charge is -1.85. The fraction of sp³-hybridized carbons (Fsp3) is 0.143. The molecule has 11 heavy (non-hydrogen) atoms. The summed E-state index contributed by atoms with van der Waals surface area (Å²) in [7, 11) is 0. The Labute approximate surface area is 69.8 Å². The van der Waals surface area contributed by atoms with E-state index in [1.165, 1.54) is 18.5 Å². The molecule has 4 heteroatoms. The van der Waals surface area contributed by atoms with Gasteiger partial charge in [0.1, 0.15) is 0 Å². The fourth-order valence-electron chi connectivity index (χ4n) is 0.550. The maximum Gasteiger partial charge on any atom is 0.269 e. The maximum absolute atomic E-state index is 10.0. The van der Waals surface area contributed by atoms with E-state index in [-0.39, 0.29) is 5.69 Å². The molecule has 0 saturated carbocycles. The molecule has 0 heterocycles. The van der Waals surface area contributed by atoms with Crippen LogP contribution in [0.15, 0.2) is 30.3 Å². The first-order valence-electron chi connectivity index (χ1n) is 2.88. The Balaban J connectivity index is 0.000000461. The lowest BCUT2D eigenvalue weighted by Crippen LogP contribution is -1.84. The number of non-ortho nitro benzene ring substituents is 1. The summed E-state index contributed by atoms with van der Waals surface area (Å²) in [6.45, 7) is 0. The number of para-hydroxylation sites is 1. The van der Waals surface area contributed by atoms with E-state index in [9.17, 15) is 10.1 Å². The molecule has 60 valence electrons. The summed E-state index contributed by atoms with van der Waals surface area (Å²) in [6, 6.07) is 7.93. The van der Waals surface area contributed by atoms with Gasteiger partial charge in [-0.05, 0) is 0 Å². The molecular weight excluding hydrogens is 166 g/mol. The lowest BCUT2D eigenvalue weighted by atomic mass is 10.3. The van der Waals surface area contributed by atoms with Gasteiger partial charge in [-0.15, -0.1) is 11.6 Å². The molecule has 1 rings (SSSR count). The Kier molecular flexibility index (Phi) is 5.11. The molecule has 0 N–H and O–H groups in total. The summed E-state index contributed by atoms with van der Waals surface area (Å²) in [6.07, 6.45) is 1.47. The van der Waals surface area contributed by atoms with Crippen molar-refractivity contribution in [2.24, 2.45) is 0 Å². The second-order valence-corrected chi connectivity index (χ2v) is 1.59. The van der Waals surface area contributed by atoms with Crippen LogP contribution in [-0.4, -0.2) is 11.3 Å². The predicted molar refractivity (Wildman–Crippen MR) is 44.9 cm³/mol. The van der Waals surface area contributed by atoms with Crippen molar-refractivity contribution in [1.29, 1.82) is 0 Å². The zero-order valence-corrected chi connectivity index (χ0v) is 6.78.